The van der Waals surface area contributed by atoms with Crippen LogP contribution in [0, 0.1) is 11.6 Å². The van der Waals surface area contributed by atoms with Crippen molar-refractivity contribution < 1.29 is 37.4 Å². The summed E-state index contributed by atoms with van der Waals surface area (Å²) >= 11 is 0. The average molecular weight is 536 g/mol. The summed E-state index contributed by atoms with van der Waals surface area (Å²) in [6.45, 7) is 0.404. The van der Waals surface area contributed by atoms with Gasteiger partial charge in [0, 0.05) is 38.3 Å². The van der Waals surface area contributed by atoms with Crippen LogP contribution < -0.4 is 20.4 Å². The first-order valence-electron chi connectivity index (χ1n) is 11.7. The lowest BCUT2D eigenvalue weighted by Gasteiger charge is -2.36. The molecule has 2 fully saturated rings. The van der Waals surface area contributed by atoms with Crippen LogP contribution in [0.5, 0.6) is 0 Å². The maximum absolute atomic E-state index is 15.0. The Balaban J connectivity index is 1.30. The van der Waals surface area contributed by atoms with Crippen molar-refractivity contribution in [2.24, 2.45) is 0 Å². The Labute approximate surface area is 215 Å². The maximum Gasteiger partial charge on any atom is 0.414 e. The molecule has 0 bridgehead atoms. The quantitative estimate of drug-likeness (QED) is 0.463. The predicted molar refractivity (Wildman–Crippen MR) is 126 cm³/mol. The summed E-state index contributed by atoms with van der Waals surface area (Å²) in [5.41, 5.74) is -0.289. The molecule has 1 aromatic heterocycles. The molecule has 1 unspecified atom stereocenters. The molecule has 2 N–H and O–H groups in total. The Morgan fingerprint density at radius 3 is 2.47 bits per heavy atom. The third kappa shape index (κ3) is 6.24. The van der Waals surface area contributed by atoms with Gasteiger partial charge < -0.3 is 29.9 Å². The van der Waals surface area contributed by atoms with E-state index >= 15 is 8.78 Å². The molecule has 16 heteroatoms. The zero-order valence-corrected chi connectivity index (χ0v) is 20.4. The van der Waals surface area contributed by atoms with Gasteiger partial charge in [-0.15, -0.1) is 0 Å². The summed E-state index contributed by atoms with van der Waals surface area (Å²) in [7, 11) is 1.19. The normalized spacial score (nSPS) is 17.3. The number of anilines is 2. The first kappa shape index (κ1) is 26.6. The van der Waals surface area contributed by atoms with E-state index in [2.05, 4.69) is 25.5 Å². The molecular weight excluding hydrogens is 510 g/mol. The molecular formula is C22H26F2N8O6. The third-order valence-electron chi connectivity index (χ3n) is 6.00. The van der Waals surface area contributed by atoms with Crippen LogP contribution in [0.1, 0.15) is 0 Å². The van der Waals surface area contributed by atoms with Crippen molar-refractivity contribution >= 4 is 35.4 Å². The SMILES string of the molecule is COC(=O)NCC1CN(c2cc(F)c(N3CCN(C(=O)CNC(=O)Cn4cncn4)CC3)c(F)c2)C(=O)O1. The van der Waals surface area contributed by atoms with Crippen molar-refractivity contribution in [1.29, 1.82) is 0 Å². The molecule has 0 radical (unpaired) electrons. The number of nitrogens with one attached hydrogen (secondary N) is 2. The number of methoxy groups -OCH3 is 1. The molecule has 2 aliphatic heterocycles. The highest BCUT2D eigenvalue weighted by Crippen LogP contribution is 2.31. The van der Waals surface area contributed by atoms with Gasteiger partial charge in [0.25, 0.3) is 0 Å². The molecule has 2 aliphatic rings. The minimum Gasteiger partial charge on any atom is -0.453 e. The number of benzene rings is 1. The zero-order valence-electron chi connectivity index (χ0n) is 20.4. The number of hydrogen-bond acceptors (Lipinski definition) is 9. The molecule has 14 nitrogen and oxygen atoms in total. The first-order valence-corrected chi connectivity index (χ1v) is 11.7. The first-order chi connectivity index (χ1) is 18.2. The van der Waals surface area contributed by atoms with E-state index in [1.165, 1.54) is 34.2 Å². The Bertz CT molecular complexity index is 1170. The average Bonchev–Trinajstić information content (AvgIpc) is 3.55. The summed E-state index contributed by atoms with van der Waals surface area (Å²) in [5.74, 6) is -2.47. The molecule has 2 aromatic rings. The molecule has 4 rings (SSSR count). The number of nitrogens with zero attached hydrogens (tertiary/aromatic N) is 6. The minimum atomic E-state index is -0.871. The van der Waals surface area contributed by atoms with Gasteiger partial charge in [0.1, 0.15) is 31.0 Å². The van der Waals surface area contributed by atoms with Gasteiger partial charge in [0.15, 0.2) is 11.6 Å². The monoisotopic (exact) mass is 536 g/mol. The van der Waals surface area contributed by atoms with Crippen molar-refractivity contribution in [3.63, 3.8) is 0 Å². The number of carbonyl (C=O) groups is 4. The third-order valence-corrected chi connectivity index (χ3v) is 6.00. The highest BCUT2D eigenvalue weighted by molar-refractivity contribution is 5.90. The van der Waals surface area contributed by atoms with Crippen LogP contribution in [-0.2, 0) is 25.6 Å². The van der Waals surface area contributed by atoms with Gasteiger partial charge in [0.2, 0.25) is 11.8 Å². The Morgan fingerprint density at radius 1 is 1.13 bits per heavy atom. The number of halogens is 2. The number of rotatable bonds is 8. The number of aromatic nitrogens is 3. The van der Waals surface area contributed by atoms with Crippen molar-refractivity contribution in [2.75, 3.05) is 62.7 Å². The summed E-state index contributed by atoms with van der Waals surface area (Å²) in [6, 6.07) is 2.08. The molecule has 0 spiro atoms. The highest BCUT2D eigenvalue weighted by Gasteiger charge is 2.34. The van der Waals surface area contributed by atoms with E-state index in [4.69, 9.17) is 4.74 Å². The van der Waals surface area contributed by atoms with E-state index in [9.17, 15) is 19.2 Å². The standard InChI is InChI=1S/C22H26F2N8O6/c1-37-21(35)27-8-15-10-32(22(36)38-15)14-6-16(23)20(17(24)7-14)30-4-2-29(3-5-30)19(34)9-26-18(33)11-31-13-25-12-28-31/h6-7,12-13,15H,2-5,8-11H2,1H3,(H,26,33)(H,27,35). The number of hydrogen-bond donors (Lipinski definition) is 2. The highest BCUT2D eigenvalue weighted by atomic mass is 19.1. The summed E-state index contributed by atoms with van der Waals surface area (Å²) in [6.07, 6.45) is 0.458. The van der Waals surface area contributed by atoms with Gasteiger partial charge in [-0.3, -0.25) is 14.5 Å². The van der Waals surface area contributed by atoms with E-state index < -0.39 is 35.8 Å². The second-order valence-electron chi connectivity index (χ2n) is 8.48. The number of piperazine rings is 1. The second kappa shape index (κ2) is 11.7. The van der Waals surface area contributed by atoms with Gasteiger partial charge >= 0.3 is 12.2 Å². The maximum atomic E-state index is 15.0. The Morgan fingerprint density at radius 2 is 1.84 bits per heavy atom. The molecule has 204 valence electrons. The Kier molecular flexibility index (Phi) is 8.18. The van der Waals surface area contributed by atoms with Gasteiger partial charge in [-0.1, -0.05) is 0 Å². The van der Waals surface area contributed by atoms with Crippen LogP contribution in [0.4, 0.5) is 29.7 Å². The molecule has 0 saturated carbocycles. The largest absolute Gasteiger partial charge is 0.453 e. The summed E-state index contributed by atoms with van der Waals surface area (Å²) in [4.78, 5) is 55.6. The van der Waals surface area contributed by atoms with Crippen LogP contribution in [0.15, 0.2) is 24.8 Å². The second-order valence-corrected chi connectivity index (χ2v) is 8.48. The van der Waals surface area contributed by atoms with Crippen LogP contribution in [0.3, 0.4) is 0 Å². The van der Waals surface area contributed by atoms with Gasteiger partial charge in [-0.2, -0.15) is 5.10 Å². The lowest BCUT2D eigenvalue weighted by molar-refractivity contribution is -0.133. The van der Waals surface area contributed by atoms with Crippen LogP contribution in [0.25, 0.3) is 0 Å². The smallest absolute Gasteiger partial charge is 0.414 e. The predicted octanol–water partition coefficient (Wildman–Crippen LogP) is -0.297. The van der Waals surface area contributed by atoms with Crippen molar-refractivity contribution in [3.8, 4) is 0 Å². The molecule has 0 aliphatic carbocycles. The zero-order chi connectivity index (χ0) is 27.2. The Hall–Kier alpha value is -4.50. The molecule has 2 saturated heterocycles. The molecule has 4 amide bonds. The summed E-state index contributed by atoms with van der Waals surface area (Å²) in [5, 5.41) is 8.73. The van der Waals surface area contributed by atoms with E-state index in [-0.39, 0.29) is 69.6 Å². The van der Waals surface area contributed by atoms with E-state index in [1.54, 1.807) is 0 Å². The summed E-state index contributed by atoms with van der Waals surface area (Å²) < 4.78 is 41.0. The number of cyclic esters (lactones) is 1. The van der Waals surface area contributed by atoms with Crippen molar-refractivity contribution in [1.82, 2.24) is 30.3 Å². The number of amides is 4. The van der Waals surface area contributed by atoms with E-state index in [1.807, 2.05) is 0 Å². The number of carbonyl (C=O) groups excluding carboxylic acids is 4. The van der Waals surface area contributed by atoms with Crippen molar-refractivity contribution in [3.05, 3.63) is 36.4 Å². The fourth-order valence-electron chi connectivity index (χ4n) is 4.10. The van der Waals surface area contributed by atoms with E-state index in [0.29, 0.717) is 0 Å². The van der Waals surface area contributed by atoms with Crippen LogP contribution in [0.2, 0.25) is 0 Å². The molecule has 3 heterocycles. The molecule has 1 aromatic carbocycles. The van der Waals surface area contributed by atoms with Gasteiger partial charge in [-0.05, 0) is 0 Å². The lowest BCUT2D eigenvalue weighted by Crippen LogP contribution is -2.51. The minimum absolute atomic E-state index is 0.0167. The topological polar surface area (TPSA) is 151 Å². The molecule has 1 atom stereocenters. The fourth-order valence-corrected chi connectivity index (χ4v) is 4.10. The number of ether oxygens (including phenoxy) is 2. The van der Waals surface area contributed by atoms with Crippen LogP contribution in [-0.4, -0.2) is 103 Å². The molecule has 38 heavy (non-hydrogen) atoms. The van der Waals surface area contributed by atoms with Gasteiger partial charge in [0.05, 0.1) is 32.4 Å². The lowest BCUT2D eigenvalue weighted by atomic mass is 10.2. The van der Waals surface area contributed by atoms with Gasteiger partial charge in [-0.25, -0.2) is 28.0 Å². The fraction of sp³-hybridized carbons (Fsp3) is 0.455. The van der Waals surface area contributed by atoms with Crippen LogP contribution >= 0.6 is 0 Å². The van der Waals surface area contributed by atoms with E-state index in [0.717, 1.165) is 17.0 Å². The number of alkyl carbamates (subject to hydrolysis) is 1. The van der Waals surface area contributed by atoms with Crippen molar-refractivity contribution in [2.45, 2.75) is 12.6 Å².